The molecule has 1 fully saturated rings. The van der Waals surface area contributed by atoms with Crippen molar-refractivity contribution in [3.05, 3.63) is 78.3 Å². The minimum Gasteiger partial charge on any atom is -0.445 e. The summed E-state index contributed by atoms with van der Waals surface area (Å²) in [5, 5.41) is 17.0. The number of aromatic nitrogens is 1. The fourth-order valence-corrected chi connectivity index (χ4v) is 5.20. The van der Waals surface area contributed by atoms with Gasteiger partial charge < -0.3 is 29.8 Å². The Morgan fingerprint density at radius 1 is 1.00 bits per heavy atom. The summed E-state index contributed by atoms with van der Waals surface area (Å²) in [4.78, 5) is 45.6. The second kappa shape index (κ2) is 14.1. The van der Waals surface area contributed by atoms with Crippen LogP contribution in [0.3, 0.4) is 0 Å². The van der Waals surface area contributed by atoms with Crippen molar-refractivity contribution in [1.29, 1.82) is 0 Å². The maximum atomic E-state index is 13.7. The van der Waals surface area contributed by atoms with Crippen molar-refractivity contribution in [2.75, 3.05) is 6.54 Å². The number of amides is 3. The Balaban J connectivity index is 1.43. The number of carbonyl (C=O) groups excluding carboxylic acids is 3. The second-order valence-electron chi connectivity index (χ2n) is 11.3. The van der Waals surface area contributed by atoms with E-state index in [1.807, 2.05) is 88.4 Å². The number of hydrogen-bond donors (Lipinski definition) is 3. The summed E-state index contributed by atoms with van der Waals surface area (Å²) in [5.41, 5.74) is 1.93. The quantitative estimate of drug-likeness (QED) is 0.307. The molecule has 0 saturated carbocycles. The molecule has 1 saturated heterocycles. The van der Waals surface area contributed by atoms with E-state index in [0.717, 1.165) is 11.1 Å². The van der Waals surface area contributed by atoms with Crippen LogP contribution in [0.4, 0.5) is 4.79 Å². The van der Waals surface area contributed by atoms with Gasteiger partial charge in [-0.15, -0.1) is 0 Å². The summed E-state index contributed by atoms with van der Waals surface area (Å²) < 4.78 is 10.9. The van der Waals surface area contributed by atoms with E-state index in [1.54, 1.807) is 0 Å². The number of nitrogens with one attached hydrogen (secondary N) is 2. The fraction of sp³-hybridized carbons (Fsp3) is 0.438. The first-order valence-corrected chi connectivity index (χ1v) is 14.4. The van der Waals surface area contributed by atoms with Gasteiger partial charge in [0.25, 0.3) is 0 Å². The van der Waals surface area contributed by atoms with E-state index in [4.69, 9.17) is 9.15 Å². The Labute approximate surface area is 246 Å². The van der Waals surface area contributed by atoms with Gasteiger partial charge in [0.1, 0.15) is 30.5 Å². The number of carbonyl (C=O) groups is 3. The van der Waals surface area contributed by atoms with Crippen molar-refractivity contribution in [3.8, 4) is 11.3 Å². The SMILES string of the molecule is CC(C)[C@H](NC(=O)[C@@H]1CCCN1C(=O)[C@@H](NC(=O)OCc1ccccc1)C(C)C)C(O)c1ncoc1-c1ccccc1. The highest BCUT2D eigenvalue weighted by molar-refractivity contribution is 5.92. The van der Waals surface area contributed by atoms with Gasteiger partial charge in [-0.1, -0.05) is 88.4 Å². The number of nitrogens with zero attached hydrogens (tertiary/aromatic N) is 2. The normalized spacial score (nSPS) is 17.1. The molecular formula is C32H40N4O6. The molecule has 0 radical (unpaired) electrons. The predicted molar refractivity (Wildman–Crippen MR) is 157 cm³/mol. The van der Waals surface area contributed by atoms with Crippen LogP contribution < -0.4 is 10.6 Å². The lowest BCUT2D eigenvalue weighted by atomic mass is 9.94. The first-order valence-electron chi connectivity index (χ1n) is 14.4. The molecule has 10 nitrogen and oxygen atoms in total. The smallest absolute Gasteiger partial charge is 0.408 e. The third kappa shape index (κ3) is 7.36. The van der Waals surface area contributed by atoms with Gasteiger partial charge in [0.2, 0.25) is 11.8 Å². The van der Waals surface area contributed by atoms with E-state index >= 15 is 0 Å². The van der Waals surface area contributed by atoms with Crippen LogP contribution in [0.2, 0.25) is 0 Å². The summed E-state index contributed by atoms with van der Waals surface area (Å²) in [6.45, 7) is 7.92. The van der Waals surface area contributed by atoms with Gasteiger partial charge in [0, 0.05) is 12.1 Å². The maximum absolute atomic E-state index is 13.7. The number of ether oxygens (including phenoxy) is 1. The standard InChI is InChI=1S/C32H40N4O6/c1-20(2)25(28(37)27-29(42-19-33-27)23-14-9-6-10-15-23)34-30(38)24-16-11-17-36(24)31(39)26(21(3)4)35-32(40)41-18-22-12-7-5-8-13-22/h5-10,12-15,19-21,24-26,28,37H,11,16-18H2,1-4H3,(H,34,38)(H,35,40)/t24-,25-,26-,28?/m0/s1. The third-order valence-electron chi connectivity index (χ3n) is 7.54. The van der Waals surface area contributed by atoms with Crippen molar-refractivity contribution in [2.24, 2.45) is 11.8 Å². The van der Waals surface area contributed by atoms with E-state index in [-0.39, 0.29) is 30.3 Å². The van der Waals surface area contributed by atoms with E-state index < -0.39 is 30.3 Å². The molecule has 3 N–H and O–H groups in total. The molecule has 10 heteroatoms. The Bertz CT molecular complexity index is 1330. The minimum atomic E-state index is -1.14. The lowest BCUT2D eigenvalue weighted by Crippen LogP contribution is -2.56. The first-order chi connectivity index (χ1) is 20.2. The Morgan fingerprint density at radius 2 is 1.67 bits per heavy atom. The molecule has 4 atom stereocenters. The lowest BCUT2D eigenvalue weighted by molar-refractivity contribution is -0.141. The van der Waals surface area contributed by atoms with Crippen LogP contribution in [0.1, 0.15) is 57.9 Å². The highest BCUT2D eigenvalue weighted by atomic mass is 16.5. The summed E-state index contributed by atoms with van der Waals surface area (Å²) in [5.74, 6) is -0.661. The summed E-state index contributed by atoms with van der Waals surface area (Å²) in [7, 11) is 0. The number of benzene rings is 2. The first kappa shape index (κ1) is 30.8. The average molecular weight is 577 g/mol. The Hall–Kier alpha value is -4.18. The average Bonchev–Trinajstić information content (AvgIpc) is 3.68. The molecule has 2 aromatic carbocycles. The molecule has 42 heavy (non-hydrogen) atoms. The zero-order valence-corrected chi connectivity index (χ0v) is 24.5. The van der Waals surface area contributed by atoms with E-state index in [9.17, 15) is 19.5 Å². The molecule has 4 rings (SSSR count). The molecule has 1 unspecified atom stereocenters. The summed E-state index contributed by atoms with van der Waals surface area (Å²) in [6.07, 6.45) is 0.556. The van der Waals surface area contributed by atoms with Crippen molar-refractivity contribution < 1.29 is 28.6 Å². The summed E-state index contributed by atoms with van der Waals surface area (Å²) in [6, 6.07) is 16.3. The third-order valence-corrected chi connectivity index (χ3v) is 7.54. The van der Waals surface area contributed by atoms with Gasteiger partial charge in [-0.25, -0.2) is 9.78 Å². The van der Waals surface area contributed by atoms with Crippen molar-refractivity contribution in [2.45, 2.75) is 71.4 Å². The van der Waals surface area contributed by atoms with Gasteiger partial charge in [-0.05, 0) is 30.2 Å². The van der Waals surface area contributed by atoms with Gasteiger partial charge >= 0.3 is 6.09 Å². The molecule has 0 spiro atoms. The van der Waals surface area contributed by atoms with Crippen LogP contribution >= 0.6 is 0 Å². The minimum absolute atomic E-state index is 0.0802. The van der Waals surface area contributed by atoms with E-state index in [2.05, 4.69) is 15.6 Å². The fourth-order valence-electron chi connectivity index (χ4n) is 5.20. The highest BCUT2D eigenvalue weighted by Gasteiger charge is 2.40. The number of oxazole rings is 1. The molecule has 1 aliphatic heterocycles. The van der Waals surface area contributed by atoms with Crippen LogP contribution in [0, 0.1) is 11.8 Å². The van der Waals surface area contributed by atoms with Crippen molar-refractivity contribution >= 4 is 17.9 Å². The predicted octanol–water partition coefficient (Wildman–Crippen LogP) is 4.46. The molecule has 1 aliphatic rings. The largest absolute Gasteiger partial charge is 0.445 e. The van der Waals surface area contributed by atoms with Gasteiger partial charge in [-0.2, -0.15) is 0 Å². The maximum Gasteiger partial charge on any atom is 0.408 e. The van der Waals surface area contributed by atoms with E-state index in [1.165, 1.54) is 11.3 Å². The molecule has 224 valence electrons. The second-order valence-corrected chi connectivity index (χ2v) is 11.3. The lowest BCUT2D eigenvalue weighted by Gasteiger charge is -2.33. The molecule has 0 aliphatic carbocycles. The number of hydrogen-bond acceptors (Lipinski definition) is 7. The van der Waals surface area contributed by atoms with Crippen LogP contribution in [-0.2, 0) is 20.9 Å². The Morgan fingerprint density at radius 3 is 2.31 bits per heavy atom. The number of alkyl carbamates (subject to hydrolysis) is 1. The topological polar surface area (TPSA) is 134 Å². The molecule has 1 aromatic heterocycles. The molecule has 3 amide bonds. The number of likely N-dealkylation sites (tertiary alicyclic amines) is 1. The van der Waals surface area contributed by atoms with Gasteiger partial charge in [-0.3, -0.25) is 9.59 Å². The van der Waals surface area contributed by atoms with Crippen molar-refractivity contribution in [1.82, 2.24) is 20.5 Å². The van der Waals surface area contributed by atoms with Crippen LogP contribution in [0.25, 0.3) is 11.3 Å². The number of aliphatic hydroxyl groups is 1. The zero-order chi connectivity index (χ0) is 30.2. The highest BCUT2D eigenvalue weighted by Crippen LogP contribution is 2.31. The number of aliphatic hydroxyl groups excluding tert-OH is 1. The van der Waals surface area contributed by atoms with E-state index in [0.29, 0.717) is 30.8 Å². The van der Waals surface area contributed by atoms with Crippen LogP contribution in [-0.4, -0.2) is 57.6 Å². The molecule has 2 heterocycles. The zero-order valence-electron chi connectivity index (χ0n) is 24.5. The summed E-state index contributed by atoms with van der Waals surface area (Å²) >= 11 is 0. The molecular weight excluding hydrogens is 536 g/mol. The van der Waals surface area contributed by atoms with Gasteiger partial charge in [0.05, 0.1) is 6.04 Å². The van der Waals surface area contributed by atoms with Crippen LogP contribution in [0.15, 0.2) is 71.5 Å². The Kier molecular flexibility index (Phi) is 10.4. The van der Waals surface area contributed by atoms with Gasteiger partial charge in [0.15, 0.2) is 12.2 Å². The monoisotopic (exact) mass is 576 g/mol. The molecule has 0 bridgehead atoms. The van der Waals surface area contributed by atoms with Crippen LogP contribution in [0.5, 0.6) is 0 Å². The number of rotatable bonds is 11. The van der Waals surface area contributed by atoms with Crippen molar-refractivity contribution in [3.63, 3.8) is 0 Å². The molecule has 3 aromatic rings.